The van der Waals surface area contributed by atoms with Crippen molar-refractivity contribution in [2.24, 2.45) is 0 Å². The Labute approximate surface area is 179 Å². The number of nitrogens with one attached hydrogen (secondary N) is 1. The highest BCUT2D eigenvalue weighted by molar-refractivity contribution is 7.98. The van der Waals surface area contributed by atoms with Crippen LogP contribution in [0, 0.1) is 5.82 Å². The Kier molecular flexibility index (Phi) is 6.21. The van der Waals surface area contributed by atoms with Gasteiger partial charge in [0.05, 0.1) is 24.3 Å². The lowest BCUT2D eigenvalue weighted by Crippen LogP contribution is -2.23. The predicted octanol–water partition coefficient (Wildman–Crippen LogP) is 4.10. The number of para-hydroxylation sites is 1. The maximum atomic E-state index is 14.5. The van der Waals surface area contributed by atoms with E-state index in [1.165, 1.54) is 35.4 Å². The highest BCUT2D eigenvalue weighted by Gasteiger charge is 2.21. The molecule has 8 nitrogen and oxygen atoms in total. The molecule has 0 aliphatic carbocycles. The first kappa shape index (κ1) is 20.3. The van der Waals surface area contributed by atoms with Gasteiger partial charge in [-0.3, -0.25) is 14.2 Å². The second-order valence-corrected chi connectivity index (χ2v) is 7.73. The van der Waals surface area contributed by atoms with Crippen molar-refractivity contribution in [2.75, 3.05) is 6.61 Å². The van der Waals surface area contributed by atoms with Crippen LogP contribution < -0.4 is 5.48 Å². The van der Waals surface area contributed by atoms with Crippen LogP contribution in [0.2, 0.25) is 0 Å². The van der Waals surface area contributed by atoms with Gasteiger partial charge in [-0.1, -0.05) is 23.9 Å². The number of hydrogen-bond donors (Lipinski definition) is 1. The molecule has 1 N–H and O–H groups in total. The first-order valence-electron chi connectivity index (χ1n) is 8.91. The van der Waals surface area contributed by atoms with E-state index in [0.29, 0.717) is 39.8 Å². The van der Waals surface area contributed by atoms with Crippen LogP contribution in [0.3, 0.4) is 0 Å². The number of benzene rings is 1. The standard InChI is InChI=1S/C19H16FN5O3S2/c1-2-28-24-18(26)13-10-29-16(21-13)11-30-19-23-22-17(15-8-5-9-27-15)25(19)14-7-4-3-6-12(14)20/h3-10H,2,11H2,1H3,(H,24,26). The molecule has 30 heavy (non-hydrogen) atoms. The van der Waals surface area contributed by atoms with Crippen LogP contribution in [0.15, 0.2) is 57.6 Å². The van der Waals surface area contributed by atoms with Crippen molar-refractivity contribution in [3.8, 4) is 17.3 Å². The van der Waals surface area contributed by atoms with Gasteiger partial charge in [-0.2, -0.15) is 0 Å². The number of hydroxylamine groups is 1. The van der Waals surface area contributed by atoms with Crippen LogP contribution in [0.1, 0.15) is 22.4 Å². The number of amides is 1. The lowest BCUT2D eigenvalue weighted by Gasteiger charge is -2.09. The number of hydrogen-bond acceptors (Lipinski definition) is 8. The molecule has 0 aliphatic rings. The average molecular weight is 446 g/mol. The third kappa shape index (κ3) is 4.27. The number of halogens is 1. The molecule has 0 saturated carbocycles. The fourth-order valence-corrected chi connectivity index (χ4v) is 4.31. The molecule has 0 bridgehead atoms. The Bertz CT molecular complexity index is 1140. The third-order valence-corrected chi connectivity index (χ3v) is 5.86. The Morgan fingerprint density at radius 3 is 2.93 bits per heavy atom. The maximum absolute atomic E-state index is 14.5. The molecule has 4 aromatic rings. The summed E-state index contributed by atoms with van der Waals surface area (Å²) in [5, 5.41) is 11.2. The van der Waals surface area contributed by atoms with Crippen LogP contribution in [-0.2, 0) is 10.6 Å². The van der Waals surface area contributed by atoms with Gasteiger partial charge in [0.15, 0.2) is 10.9 Å². The Morgan fingerprint density at radius 1 is 1.30 bits per heavy atom. The minimum atomic E-state index is -0.406. The van der Waals surface area contributed by atoms with Gasteiger partial charge < -0.3 is 4.42 Å². The molecule has 11 heteroatoms. The van der Waals surface area contributed by atoms with E-state index in [4.69, 9.17) is 9.25 Å². The topological polar surface area (TPSA) is 95.1 Å². The lowest BCUT2D eigenvalue weighted by atomic mass is 10.3. The molecule has 154 valence electrons. The molecule has 0 fully saturated rings. The smallest absolute Gasteiger partial charge is 0.294 e. The molecule has 0 atom stereocenters. The largest absolute Gasteiger partial charge is 0.461 e. The maximum Gasteiger partial charge on any atom is 0.294 e. The fourth-order valence-electron chi connectivity index (χ4n) is 2.58. The zero-order chi connectivity index (χ0) is 20.9. The molecule has 3 heterocycles. The second kappa shape index (κ2) is 9.20. The minimum Gasteiger partial charge on any atom is -0.461 e. The van der Waals surface area contributed by atoms with E-state index < -0.39 is 11.7 Å². The highest BCUT2D eigenvalue weighted by atomic mass is 32.2. The molecular formula is C19H16FN5O3S2. The zero-order valence-corrected chi connectivity index (χ0v) is 17.4. The van der Waals surface area contributed by atoms with E-state index in [0.717, 1.165) is 0 Å². The number of rotatable bonds is 8. The first-order chi connectivity index (χ1) is 14.7. The summed E-state index contributed by atoms with van der Waals surface area (Å²) >= 11 is 2.67. The molecule has 3 aromatic heterocycles. The molecule has 0 unspecified atom stereocenters. The highest BCUT2D eigenvalue weighted by Crippen LogP contribution is 2.31. The third-order valence-electron chi connectivity index (χ3n) is 3.89. The summed E-state index contributed by atoms with van der Waals surface area (Å²) in [6.45, 7) is 2.13. The van der Waals surface area contributed by atoms with Crippen LogP contribution in [0.5, 0.6) is 0 Å². The van der Waals surface area contributed by atoms with E-state index >= 15 is 0 Å². The quantitative estimate of drug-likeness (QED) is 0.322. The molecule has 0 aliphatic heterocycles. The van der Waals surface area contributed by atoms with Crippen molar-refractivity contribution >= 4 is 29.0 Å². The minimum absolute atomic E-state index is 0.274. The van der Waals surface area contributed by atoms with Gasteiger partial charge >= 0.3 is 0 Å². The molecule has 4 rings (SSSR count). The number of carbonyl (C=O) groups excluding carboxylic acids is 1. The normalized spacial score (nSPS) is 11.0. The second-order valence-electron chi connectivity index (χ2n) is 5.85. The summed E-state index contributed by atoms with van der Waals surface area (Å²) in [5.74, 6) is 0.484. The monoisotopic (exact) mass is 445 g/mol. The van der Waals surface area contributed by atoms with Crippen molar-refractivity contribution in [3.63, 3.8) is 0 Å². The lowest BCUT2D eigenvalue weighted by molar-refractivity contribution is 0.0360. The van der Waals surface area contributed by atoms with Gasteiger partial charge in [0.25, 0.3) is 5.91 Å². The number of nitrogens with zero attached hydrogens (tertiary/aromatic N) is 4. The van der Waals surface area contributed by atoms with Gasteiger partial charge in [0.1, 0.15) is 16.5 Å². The zero-order valence-electron chi connectivity index (χ0n) is 15.7. The summed E-state index contributed by atoms with van der Waals surface area (Å²) in [4.78, 5) is 21.1. The van der Waals surface area contributed by atoms with Gasteiger partial charge in [-0.25, -0.2) is 14.9 Å². The Hall–Kier alpha value is -3.02. The number of thioether (sulfide) groups is 1. The summed E-state index contributed by atoms with van der Waals surface area (Å²) in [6, 6.07) is 9.84. The summed E-state index contributed by atoms with van der Waals surface area (Å²) in [5.41, 5.74) is 2.90. The summed E-state index contributed by atoms with van der Waals surface area (Å²) < 4.78 is 21.6. The van der Waals surface area contributed by atoms with Crippen molar-refractivity contribution in [3.05, 3.63) is 64.6 Å². The Balaban J connectivity index is 1.59. The Morgan fingerprint density at radius 2 is 2.17 bits per heavy atom. The molecular weight excluding hydrogens is 429 g/mol. The molecule has 0 radical (unpaired) electrons. The van der Waals surface area contributed by atoms with Gasteiger partial charge in [0.2, 0.25) is 5.82 Å². The summed E-state index contributed by atoms with van der Waals surface area (Å²) in [6.07, 6.45) is 1.52. The average Bonchev–Trinajstić information content (AvgIpc) is 3.51. The number of furan rings is 1. The van der Waals surface area contributed by atoms with Gasteiger partial charge in [0, 0.05) is 5.38 Å². The van der Waals surface area contributed by atoms with Crippen LogP contribution in [-0.4, -0.2) is 32.3 Å². The van der Waals surface area contributed by atoms with Gasteiger partial charge in [-0.15, -0.1) is 21.5 Å². The number of carbonyl (C=O) groups is 1. The number of aromatic nitrogens is 4. The molecule has 0 spiro atoms. The van der Waals surface area contributed by atoms with E-state index in [9.17, 15) is 9.18 Å². The molecule has 1 aromatic carbocycles. The van der Waals surface area contributed by atoms with Crippen LogP contribution in [0.25, 0.3) is 17.3 Å². The van der Waals surface area contributed by atoms with Crippen molar-refractivity contribution in [2.45, 2.75) is 17.8 Å². The van der Waals surface area contributed by atoms with E-state index in [2.05, 4.69) is 20.7 Å². The molecule has 0 saturated heterocycles. The van der Waals surface area contributed by atoms with Crippen molar-refractivity contribution < 1.29 is 18.4 Å². The first-order valence-corrected chi connectivity index (χ1v) is 10.8. The van der Waals surface area contributed by atoms with Crippen LogP contribution in [0.4, 0.5) is 4.39 Å². The SMILES string of the molecule is CCONC(=O)c1csc(CSc2nnc(-c3ccco3)n2-c2ccccc2F)n1. The van der Waals surface area contributed by atoms with Crippen molar-refractivity contribution in [1.82, 2.24) is 25.2 Å². The number of thiazole rings is 1. The van der Waals surface area contributed by atoms with E-state index in [1.54, 1.807) is 47.2 Å². The van der Waals surface area contributed by atoms with Crippen molar-refractivity contribution in [1.29, 1.82) is 0 Å². The van der Waals surface area contributed by atoms with Gasteiger partial charge in [-0.05, 0) is 31.2 Å². The van der Waals surface area contributed by atoms with Crippen LogP contribution >= 0.6 is 23.1 Å². The summed E-state index contributed by atoms with van der Waals surface area (Å²) in [7, 11) is 0. The predicted molar refractivity (Wildman–Crippen MR) is 110 cm³/mol. The van der Waals surface area contributed by atoms with E-state index in [-0.39, 0.29) is 5.69 Å². The van der Waals surface area contributed by atoms with E-state index in [1.807, 2.05) is 0 Å². The molecule has 1 amide bonds. The fraction of sp³-hybridized carbons (Fsp3) is 0.158.